The zero-order valence-corrected chi connectivity index (χ0v) is 20.0. The molecule has 176 valence electrons. The van der Waals surface area contributed by atoms with Gasteiger partial charge in [0.05, 0.1) is 24.5 Å². The van der Waals surface area contributed by atoms with Crippen LogP contribution in [0.1, 0.15) is 73.6 Å². The highest BCUT2D eigenvalue weighted by molar-refractivity contribution is 5.99. The molecule has 0 aliphatic carbocycles. The molecule has 2 unspecified atom stereocenters. The number of hydrogen-bond donors (Lipinski definition) is 2. The van der Waals surface area contributed by atoms with Gasteiger partial charge in [-0.3, -0.25) is 14.5 Å². The number of halogens is 1. The van der Waals surface area contributed by atoms with Gasteiger partial charge in [-0.2, -0.15) is 0 Å². The van der Waals surface area contributed by atoms with E-state index in [-0.39, 0.29) is 36.2 Å². The SMILES string of the molecule is Cc1cc(CN2C(=O)CC(C)(CC(C)C)N=C2N)cc(C(=O)NC(C)c2ccc(F)cc2)c1. The van der Waals surface area contributed by atoms with E-state index in [0.717, 1.165) is 23.1 Å². The number of amides is 2. The van der Waals surface area contributed by atoms with Crippen LogP contribution in [0, 0.1) is 18.7 Å². The van der Waals surface area contributed by atoms with Crippen molar-refractivity contribution in [2.24, 2.45) is 16.6 Å². The maximum absolute atomic E-state index is 13.2. The van der Waals surface area contributed by atoms with Crippen LogP contribution in [0.25, 0.3) is 0 Å². The van der Waals surface area contributed by atoms with Gasteiger partial charge in [-0.15, -0.1) is 0 Å². The van der Waals surface area contributed by atoms with E-state index in [2.05, 4.69) is 24.2 Å². The fourth-order valence-electron chi connectivity index (χ4n) is 4.47. The fraction of sp³-hybridized carbons (Fsp3) is 0.423. The summed E-state index contributed by atoms with van der Waals surface area (Å²) >= 11 is 0. The van der Waals surface area contributed by atoms with E-state index in [1.54, 1.807) is 24.3 Å². The van der Waals surface area contributed by atoms with E-state index in [1.807, 2.05) is 26.8 Å². The summed E-state index contributed by atoms with van der Waals surface area (Å²) in [4.78, 5) is 31.9. The Balaban J connectivity index is 1.76. The average molecular weight is 453 g/mol. The number of hydrogen-bond acceptors (Lipinski definition) is 4. The Bertz CT molecular complexity index is 1060. The van der Waals surface area contributed by atoms with Gasteiger partial charge in [0, 0.05) is 5.56 Å². The first kappa shape index (κ1) is 24.4. The minimum absolute atomic E-state index is 0.0666. The molecule has 7 heteroatoms. The zero-order valence-electron chi connectivity index (χ0n) is 20.0. The van der Waals surface area contributed by atoms with Crippen molar-refractivity contribution in [3.05, 3.63) is 70.5 Å². The van der Waals surface area contributed by atoms with Crippen LogP contribution >= 0.6 is 0 Å². The number of nitrogens with two attached hydrogens (primary N) is 1. The lowest BCUT2D eigenvalue weighted by molar-refractivity contribution is -0.130. The summed E-state index contributed by atoms with van der Waals surface area (Å²) < 4.78 is 13.2. The van der Waals surface area contributed by atoms with Crippen LogP contribution in [-0.2, 0) is 11.3 Å². The van der Waals surface area contributed by atoms with Crippen LogP contribution in [0.3, 0.4) is 0 Å². The van der Waals surface area contributed by atoms with Crippen LogP contribution in [0.15, 0.2) is 47.5 Å². The molecule has 0 saturated heterocycles. The zero-order chi connectivity index (χ0) is 24.3. The number of aliphatic imine (C=N–C) groups is 1. The Morgan fingerprint density at radius 1 is 1.21 bits per heavy atom. The van der Waals surface area contributed by atoms with Gasteiger partial charge in [0.25, 0.3) is 5.91 Å². The summed E-state index contributed by atoms with van der Waals surface area (Å²) in [5.74, 6) is -0.0101. The predicted molar refractivity (Wildman–Crippen MR) is 128 cm³/mol. The van der Waals surface area contributed by atoms with E-state index in [0.29, 0.717) is 17.9 Å². The molecule has 0 aromatic heterocycles. The predicted octanol–water partition coefficient (Wildman–Crippen LogP) is 4.48. The van der Waals surface area contributed by atoms with Gasteiger partial charge >= 0.3 is 0 Å². The number of benzene rings is 2. The van der Waals surface area contributed by atoms with Gasteiger partial charge in [0.1, 0.15) is 5.82 Å². The largest absolute Gasteiger partial charge is 0.369 e. The van der Waals surface area contributed by atoms with Crippen molar-refractivity contribution in [1.82, 2.24) is 10.2 Å². The molecule has 3 rings (SSSR count). The highest BCUT2D eigenvalue weighted by atomic mass is 19.1. The number of nitrogens with one attached hydrogen (secondary N) is 1. The van der Waals surface area contributed by atoms with E-state index in [4.69, 9.17) is 5.73 Å². The Kier molecular flexibility index (Phi) is 7.20. The topological polar surface area (TPSA) is 87.8 Å². The number of rotatable bonds is 7. The lowest BCUT2D eigenvalue weighted by atomic mass is 9.87. The maximum Gasteiger partial charge on any atom is 0.251 e. The quantitative estimate of drug-likeness (QED) is 0.649. The van der Waals surface area contributed by atoms with Crippen molar-refractivity contribution >= 4 is 17.8 Å². The molecule has 2 aromatic carbocycles. The number of carbonyl (C=O) groups is 2. The summed E-state index contributed by atoms with van der Waals surface area (Å²) in [6, 6.07) is 11.3. The van der Waals surface area contributed by atoms with Gasteiger partial charge in [-0.25, -0.2) is 9.38 Å². The second kappa shape index (κ2) is 9.73. The fourth-order valence-corrected chi connectivity index (χ4v) is 4.47. The van der Waals surface area contributed by atoms with E-state index in [9.17, 15) is 14.0 Å². The second-order valence-corrected chi connectivity index (χ2v) is 9.68. The summed E-state index contributed by atoms with van der Waals surface area (Å²) in [5.41, 5.74) is 8.71. The molecule has 1 aliphatic rings. The number of guanidine groups is 1. The molecule has 0 saturated carbocycles. The van der Waals surface area contributed by atoms with Gasteiger partial charge in [-0.05, 0) is 74.1 Å². The molecule has 2 amide bonds. The molecule has 3 N–H and O–H groups in total. The Hall–Kier alpha value is -3.22. The van der Waals surface area contributed by atoms with Crippen molar-refractivity contribution < 1.29 is 14.0 Å². The summed E-state index contributed by atoms with van der Waals surface area (Å²) in [6.07, 6.45) is 1.09. The smallest absolute Gasteiger partial charge is 0.251 e. The first-order valence-corrected chi connectivity index (χ1v) is 11.3. The Morgan fingerprint density at radius 2 is 1.88 bits per heavy atom. The van der Waals surface area contributed by atoms with Crippen molar-refractivity contribution in [1.29, 1.82) is 0 Å². The molecule has 6 nitrogen and oxygen atoms in total. The molecule has 2 aromatic rings. The number of nitrogens with zero attached hydrogens (tertiary/aromatic N) is 2. The van der Waals surface area contributed by atoms with Crippen LogP contribution in [-0.4, -0.2) is 28.2 Å². The Morgan fingerprint density at radius 3 is 2.48 bits per heavy atom. The van der Waals surface area contributed by atoms with Crippen LogP contribution in [0.5, 0.6) is 0 Å². The van der Waals surface area contributed by atoms with Crippen molar-refractivity contribution in [2.75, 3.05) is 0 Å². The van der Waals surface area contributed by atoms with Gasteiger partial charge in [0.2, 0.25) is 5.91 Å². The number of aryl methyl sites for hydroxylation is 1. The molecule has 0 radical (unpaired) electrons. The monoisotopic (exact) mass is 452 g/mol. The minimum Gasteiger partial charge on any atom is -0.369 e. The van der Waals surface area contributed by atoms with Crippen molar-refractivity contribution in [2.45, 2.75) is 65.6 Å². The summed E-state index contributed by atoms with van der Waals surface area (Å²) in [5, 5.41) is 2.95. The van der Waals surface area contributed by atoms with E-state index >= 15 is 0 Å². The first-order chi connectivity index (χ1) is 15.5. The van der Waals surface area contributed by atoms with E-state index in [1.165, 1.54) is 17.0 Å². The van der Waals surface area contributed by atoms with E-state index < -0.39 is 5.54 Å². The maximum atomic E-state index is 13.2. The molecule has 0 fully saturated rings. The third-order valence-electron chi connectivity index (χ3n) is 5.80. The lowest BCUT2D eigenvalue weighted by Crippen LogP contribution is -2.50. The third kappa shape index (κ3) is 6.18. The molecule has 0 spiro atoms. The van der Waals surface area contributed by atoms with Gasteiger partial charge in [-0.1, -0.05) is 32.0 Å². The van der Waals surface area contributed by atoms with Crippen LogP contribution in [0.2, 0.25) is 0 Å². The third-order valence-corrected chi connectivity index (χ3v) is 5.80. The van der Waals surface area contributed by atoms with Crippen LogP contribution in [0.4, 0.5) is 4.39 Å². The molecule has 33 heavy (non-hydrogen) atoms. The summed E-state index contributed by atoms with van der Waals surface area (Å²) in [7, 11) is 0. The molecule has 0 bridgehead atoms. The molecular formula is C26H33FN4O2. The van der Waals surface area contributed by atoms with Crippen LogP contribution < -0.4 is 11.1 Å². The van der Waals surface area contributed by atoms with Crippen molar-refractivity contribution in [3.63, 3.8) is 0 Å². The first-order valence-electron chi connectivity index (χ1n) is 11.3. The molecular weight excluding hydrogens is 419 g/mol. The second-order valence-electron chi connectivity index (χ2n) is 9.68. The lowest BCUT2D eigenvalue weighted by Gasteiger charge is -2.36. The molecule has 1 heterocycles. The standard InChI is InChI=1S/C26H33FN4O2/c1-16(2)13-26(5)14-23(32)31(25(28)30-26)15-19-10-17(3)11-21(12-19)24(33)29-18(4)20-6-8-22(27)9-7-20/h6-12,16,18H,13-15H2,1-5H3,(H2,28,30)(H,29,33). The Labute approximate surface area is 195 Å². The molecule has 2 atom stereocenters. The number of carbonyl (C=O) groups excluding carboxylic acids is 2. The van der Waals surface area contributed by atoms with Crippen molar-refractivity contribution in [3.8, 4) is 0 Å². The highest BCUT2D eigenvalue weighted by Crippen LogP contribution is 2.29. The van der Waals surface area contributed by atoms with Gasteiger partial charge < -0.3 is 11.1 Å². The minimum atomic E-state index is -0.486. The summed E-state index contributed by atoms with van der Waals surface area (Å²) in [6.45, 7) is 10.2. The van der Waals surface area contributed by atoms with Gasteiger partial charge in [0.15, 0.2) is 5.96 Å². The molecule has 1 aliphatic heterocycles. The highest BCUT2D eigenvalue weighted by Gasteiger charge is 2.36. The average Bonchev–Trinajstić information content (AvgIpc) is 2.70. The normalized spacial score (nSPS) is 19.4.